The number of carboxylic acids is 1. The Morgan fingerprint density at radius 3 is 2.45 bits per heavy atom. The molecule has 3 rings (SSSR count). The van der Waals surface area contributed by atoms with Crippen molar-refractivity contribution in [3.63, 3.8) is 0 Å². The van der Waals surface area contributed by atoms with Gasteiger partial charge >= 0.3 is 12.1 Å². The monoisotopic (exact) mass is 405 g/mol. The summed E-state index contributed by atoms with van der Waals surface area (Å²) in [6.45, 7) is 8.29. The van der Waals surface area contributed by atoms with Crippen LogP contribution in [0.25, 0.3) is 0 Å². The minimum absolute atomic E-state index is 0.168. The number of carbonyl (C=O) groups excluding carboxylic acids is 1. The van der Waals surface area contributed by atoms with Gasteiger partial charge in [0.05, 0.1) is 0 Å². The van der Waals surface area contributed by atoms with Crippen LogP contribution < -0.4 is 10.5 Å². The van der Waals surface area contributed by atoms with Crippen LogP contribution in [0.1, 0.15) is 39.2 Å². The van der Waals surface area contributed by atoms with Crippen molar-refractivity contribution in [3.05, 3.63) is 29.8 Å². The van der Waals surface area contributed by atoms with E-state index in [1.165, 1.54) is 0 Å². The third-order valence-corrected chi connectivity index (χ3v) is 5.83. The smallest absolute Gasteiger partial charge is 0.413 e. The van der Waals surface area contributed by atoms with Crippen molar-refractivity contribution in [1.29, 1.82) is 0 Å². The number of piperidine rings is 1. The van der Waals surface area contributed by atoms with Gasteiger partial charge in [0, 0.05) is 25.2 Å². The van der Waals surface area contributed by atoms with E-state index in [2.05, 4.69) is 18.7 Å². The van der Waals surface area contributed by atoms with Gasteiger partial charge in [-0.15, -0.1) is 0 Å². The van der Waals surface area contributed by atoms with Crippen LogP contribution in [0.2, 0.25) is 0 Å². The minimum Gasteiger partial charge on any atom is -0.480 e. The van der Waals surface area contributed by atoms with Gasteiger partial charge in [-0.2, -0.15) is 0 Å². The normalized spacial score (nSPS) is 24.6. The summed E-state index contributed by atoms with van der Waals surface area (Å²) >= 11 is 0. The zero-order chi connectivity index (χ0) is 21.1. The topological polar surface area (TPSA) is 105 Å². The van der Waals surface area contributed by atoms with E-state index in [4.69, 9.17) is 20.3 Å². The SMILES string of the molecule is CC(C)N1CCC(N2C(=O)OC(Oc3ccc(CC(N)C(=O)O)cc3)C2C)CC1. The zero-order valence-electron chi connectivity index (χ0n) is 17.3. The van der Waals surface area contributed by atoms with Gasteiger partial charge in [-0.25, -0.2) is 4.79 Å². The van der Waals surface area contributed by atoms with Crippen LogP contribution in [0, 0.1) is 0 Å². The van der Waals surface area contributed by atoms with Gasteiger partial charge in [0.25, 0.3) is 6.29 Å². The van der Waals surface area contributed by atoms with Crippen molar-refractivity contribution in [3.8, 4) is 5.75 Å². The van der Waals surface area contributed by atoms with E-state index in [9.17, 15) is 9.59 Å². The highest BCUT2D eigenvalue weighted by atomic mass is 16.7. The summed E-state index contributed by atoms with van der Waals surface area (Å²) in [5.41, 5.74) is 6.37. The molecule has 0 aromatic heterocycles. The van der Waals surface area contributed by atoms with Gasteiger partial charge in [0.15, 0.2) is 0 Å². The number of nitrogens with two attached hydrogens (primary N) is 1. The lowest BCUT2D eigenvalue weighted by atomic mass is 10.0. The van der Waals surface area contributed by atoms with Crippen molar-refractivity contribution < 1.29 is 24.2 Å². The molecule has 0 spiro atoms. The van der Waals surface area contributed by atoms with Crippen molar-refractivity contribution in [1.82, 2.24) is 9.80 Å². The molecule has 160 valence electrons. The summed E-state index contributed by atoms with van der Waals surface area (Å²) in [4.78, 5) is 27.6. The number of benzene rings is 1. The molecule has 2 aliphatic rings. The summed E-state index contributed by atoms with van der Waals surface area (Å²) in [6.07, 6.45) is 1.12. The third-order valence-electron chi connectivity index (χ3n) is 5.83. The predicted molar refractivity (Wildman–Crippen MR) is 108 cm³/mol. The molecular formula is C21H31N3O5. The Morgan fingerprint density at radius 2 is 1.90 bits per heavy atom. The lowest BCUT2D eigenvalue weighted by Gasteiger charge is -2.38. The average Bonchev–Trinajstić information content (AvgIpc) is 2.96. The molecule has 8 nitrogen and oxygen atoms in total. The quantitative estimate of drug-likeness (QED) is 0.715. The lowest BCUT2D eigenvalue weighted by Crippen LogP contribution is -2.50. The van der Waals surface area contributed by atoms with E-state index < -0.39 is 18.3 Å². The summed E-state index contributed by atoms with van der Waals surface area (Å²) in [5, 5.41) is 8.91. The highest BCUT2D eigenvalue weighted by Gasteiger charge is 2.44. The molecule has 1 aromatic rings. The van der Waals surface area contributed by atoms with E-state index in [0.717, 1.165) is 31.5 Å². The number of nitrogens with zero attached hydrogens (tertiary/aromatic N) is 2. The van der Waals surface area contributed by atoms with Crippen LogP contribution in [0.3, 0.4) is 0 Å². The number of hydrogen-bond donors (Lipinski definition) is 2. The molecule has 3 N–H and O–H groups in total. The molecule has 0 radical (unpaired) electrons. The third kappa shape index (κ3) is 5.00. The van der Waals surface area contributed by atoms with Gasteiger partial charge in [0.1, 0.15) is 17.8 Å². The molecule has 3 atom stereocenters. The average molecular weight is 405 g/mol. The number of carboxylic acid groups (broad SMARTS) is 1. The molecular weight excluding hydrogens is 374 g/mol. The van der Waals surface area contributed by atoms with Gasteiger partial charge in [-0.3, -0.25) is 9.69 Å². The van der Waals surface area contributed by atoms with E-state index >= 15 is 0 Å². The highest BCUT2D eigenvalue weighted by molar-refractivity contribution is 5.73. The number of likely N-dealkylation sites (tertiary alicyclic amines) is 1. The molecule has 0 saturated carbocycles. The molecule has 29 heavy (non-hydrogen) atoms. The van der Waals surface area contributed by atoms with Crippen LogP contribution in [0.4, 0.5) is 4.79 Å². The number of amides is 1. The second-order valence-corrected chi connectivity index (χ2v) is 8.17. The minimum atomic E-state index is -1.03. The Bertz CT molecular complexity index is 716. The Balaban J connectivity index is 1.57. The van der Waals surface area contributed by atoms with Crippen LogP contribution >= 0.6 is 0 Å². The number of hydrogen-bond acceptors (Lipinski definition) is 6. The first-order chi connectivity index (χ1) is 13.8. The largest absolute Gasteiger partial charge is 0.480 e. The molecule has 2 fully saturated rings. The molecule has 1 amide bonds. The number of carbonyl (C=O) groups is 2. The second-order valence-electron chi connectivity index (χ2n) is 8.17. The zero-order valence-corrected chi connectivity index (χ0v) is 17.3. The maximum atomic E-state index is 12.5. The Morgan fingerprint density at radius 1 is 1.28 bits per heavy atom. The molecule has 0 aliphatic carbocycles. The van der Waals surface area contributed by atoms with Crippen molar-refractivity contribution in [2.24, 2.45) is 5.73 Å². The highest BCUT2D eigenvalue weighted by Crippen LogP contribution is 2.29. The van der Waals surface area contributed by atoms with E-state index in [1.807, 2.05) is 11.8 Å². The summed E-state index contributed by atoms with van der Waals surface area (Å²) < 4.78 is 11.4. The summed E-state index contributed by atoms with van der Waals surface area (Å²) in [7, 11) is 0. The lowest BCUT2D eigenvalue weighted by molar-refractivity contribution is -0.138. The predicted octanol–water partition coefficient (Wildman–Crippen LogP) is 2.06. The maximum absolute atomic E-state index is 12.5. The first-order valence-electron chi connectivity index (χ1n) is 10.2. The maximum Gasteiger partial charge on any atom is 0.413 e. The fraction of sp³-hybridized carbons (Fsp3) is 0.619. The summed E-state index contributed by atoms with van der Waals surface area (Å²) in [5.74, 6) is -0.463. The molecule has 0 bridgehead atoms. The van der Waals surface area contributed by atoms with Crippen LogP contribution in [-0.4, -0.2) is 70.5 Å². The van der Waals surface area contributed by atoms with E-state index in [0.29, 0.717) is 11.8 Å². The fourth-order valence-electron chi connectivity index (χ4n) is 4.02. The van der Waals surface area contributed by atoms with Gasteiger partial charge in [0.2, 0.25) is 0 Å². The van der Waals surface area contributed by atoms with Crippen molar-refractivity contribution in [2.45, 2.75) is 70.5 Å². The Kier molecular flexibility index (Phi) is 6.64. The van der Waals surface area contributed by atoms with Crippen LogP contribution in [0.15, 0.2) is 24.3 Å². The fourth-order valence-corrected chi connectivity index (χ4v) is 4.02. The number of rotatable bonds is 7. The van der Waals surface area contributed by atoms with Gasteiger partial charge in [-0.1, -0.05) is 12.1 Å². The van der Waals surface area contributed by atoms with Crippen molar-refractivity contribution in [2.75, 3.05) is 13.1 Å². The number of aliphatic carboxylic acids is 1. The van der Waals surface area contributed by atoms with Gasteiger partial charge in [-0.05, 0) is 57.7 Å². The molecule has 1 aromatic carbocycles. The summed E-state index contributed by atoms with van der Waals surface area (Å²) in [6, 6.07) is 6.61. The first kappa shape index (κ1) is 21.4. The molecule has 2 aliphatic heterocycles. The van der Waals surface area contributed by atoms with Crippen molar-refractivity contribution >= 4 is 12.1 Å². The molecule has 3 unspecified atom stereocenters. The number of ether oxygens (including phenoxy) is 2. The van der Waals surface area contributed by atoms with E-state index in [-0.39, 0.29) is 24.6 Å². The second kappa shape index (κ2) is 9.00. The van der Waals surface area contributed by atoms with Crippen LogP contribution in [-0.2, 0) is 16.0 Å². The Labute approximate surface area is 171 Å². The molecule has 2 heterocycles. The molecule has 2 saturated heterocycles. The standard InChI is InChI=1S/C21H31N3O5/c1-13(2)23-10-8-16(9-11-23)24-14(3)20(29-21(24)27)28-17-6-4-15(5-7-17)12-18(22)19(25)26/h4-7,13-14,16,18,20H,8-12,22H2,1-3H3,(H,25,26). The van der Waals surface area contributed by atoms with Crippen LogP contribution in [0.5, 0.6) is 5.75 Å². The van der Waals surface area contributed by atoms with Gasteiger partial charge < -0.3 is 25.2 Å². The Hall–Kier alpha value is -2.32. The first-order valence-corrected chi connectivity index (χ1v) is 10.2. The van der Waals surface area contributed by atoms with E-state index in [1.54, 1.807) is 24.3 Å². The number of cyclic esters (lactones) is 1. The molecule has 8 heteroatoms.